The van der Waals surface area contributed by atoms with E-state index in [-0.39, 0.29) is 5.91 Å². The standard InChI is InChI=1S/C14H15N3O2/c1-2-19-14-12(7-4-8-16-14)17-13(18)10-5-3-6-11(15)9-10/h3-9H,2,15H2,1H3,(H,17,18). The molecule has 5 nitrogen and oxygen atoms in total. The van der Waals surface area contributed by atoms with Gasteiger partial charge >= 0.3 is 0 Å². The highest BCUT2D eigenvalue weighted by molar-refractivity contribution is 6.05. The van der Waals surface area contributed by atoms with Crippen molar-refractivity contribution in [2.45, 2.75) is 6.92 Å². The normalized spacial score (nSPS) is 9.95. The van der Waals surface area contributed by atoms with Gasteiger partial charge in [0.05, 0.1) is 6.61 Å². The highest BCUT2D eigenvalue weighted by Gasteiger charge is 2.10. The van der Waals surface area contributed by atoms with E-state index in [1.165, 1.54) is 0 Å². The van der Waals surface area contributed by atoms with Gasteiger partial charge in [-0.3, -0.25) is 4.79 Å². The first-order chi connectivity index (χ1) is 9.20. The number of carbonyl (C=O) groups excluding carboxylic acids is 1. The van der Waals surface area contributed by atoms with Gasteiger partial charge in [-0.05, 0) is 37.3 Å². The molecule has 5 heteroatoms. The van der Waals surface area contributed by atoms with Gasteiger partial charge in [-0.2, -0.15) is 0 Å². The Bertz CT molecular complexity index is 584. The number of nitrogen functional groups attached to an aromatic ring is 1. The van der Waals surface area contributed by atoms with Crippen LogP contribution in [0, 0.1) is 0 Å². The SMILES string of the molecule is CCOc1ncccc1NC(=O)c1cccc(N)c1. The number of hydrogen-bond donors (Lipinski definition) is 2. The average Bonchev–Trinajstić information content (AvgIpc) is 2.41. The van der Waals surface area contributed by atoms with Crippen molar-refractivity contribution in [1.29, 1.82) is 0 Å². The molecule has 0 unspecified atom stereocenters. The first-order valence-electron chi connectivity index (χ1n) is 5.95. The van der Waals surface area contributed by atoms with Gasteiger partial charge in [0.15, 0.2) is 0 Å². The minimum Gasteiger partial charge on any atom is -0.476 e. The Morgan fingerprint density at radius 2 is 2.21 bits per heavy atom. The summed E-state index contributed by atoms with van der Waals surface area (Å²) in [5.74, 6) is 0.156. The van der Waals surface area contributed by atoms with Gasteiger partial charge in [-0.25, -0.2) is 4.98 Å². The number of pyridine rings is 1. The lowest BCUT2D eigenvalue weighted by Gasteiger charge is -2.10. The van der Waals surface area contributed by atoms with E-state index in [1.807, 2.05) is 6.92 Å². The van der Waals surface area contributed by atoms with E-state index in [0.717, 1.165) is 0 Å². The zero-order valence-corrected chi connectivity index (χ0v) is 10.6. The molecule has 0 radical (unpaired) electrons. The van der Waals surface area contributed by atoms with E-state index in [4.69, 9.17) is 10.5 Å². The summed E-state index contributed by atoms with van der Waals surface area (Å²) < 4.78 is 5.35. The molecule has 0 aliphatic heterocycles. The molecular weight excluding hydrogens is 242 g/mol. The van der Waals surface area contributed by atoms with E-state index in [2.05, 4.69) is 10.3 Å². The number of aromatic nitrogens is 1. The van der Waals surface area contributed by atoms with Crippen molar-refractivity contribution in [2.24, 2.45) is 0 Å². The van der Waals surface area contributed by atoms with Crippen LogP contribution in [0.5, 0.6) is 5.88 Å². The maximum Gasteiger partial charge on any atom is 0.255 e. The van der Waals surface area contributed by atoms with E-state index in [9.17, 15) is 4.79 Å². The van der Waals surface area contributed by atoms with Crippen LogP contribution in [0.15, 0.2) is 42.6 Å². The molecule has 0 bridgehead atoms. The number of nitrogens with one attached hydrogen (secondary N) is 1. The van der Waals surface area contributed by atoms with Gasteiger partial charge in [-0.15, -0.1) is 0 Å². The van der Waals surface area contributed by atoms with E-state index in [1.54, 1.807) is 42.6 Å². The summed E-state index contributed by atoms with van der Waals surface area (Å²) in [5.41, 5.74) is 7.23. The summed E-state index contributed by atoms with van der Waals surface area (Å²) in [5, 5.41) is 2.76. The van der Waals surface area contributed by atoms with Crippen LogP contribution in [0.2, 0.25) is 0 Å². The number of anilines is 2. The topological polar surface area (TPSA) is 77.2 Å². The Morgan fingerprint density at radius 1 is 1.37 bits per heavy atom. The molecule has 0 saturated heterocycles. The first-order valence-corrected chi connectivity index (χ1v) is 5.95. The van der Waals surface area contributed by atoms with Crippen LogP contribution >= 0.6 is 0 Å². The van der Waals surface area contributed by atoms with Crippen LogP contribution in [0.3, 0.4) is 0 Å². The van der Waals surface area contributed by atoms with Gasteiger partial charge in [0.2, 0.25) is 5.88 Å². The third-order valence-electron chi connectivity index (χ3n) is 2.45. The summed E-state index contributed by atoms with van der Waals surface area (Å²) in [7, 11) is 0. The highest BCUT2D eigenvalue weighted by Crippen LogP contribution is 2.21. The molecular formula is C14H15N3O2. The molecule has 2 aromatic rings. The molecule has 2 rings (SSSR count). The van der Waals surface area contributed by atoms with Crippen LogP contribution in [-0.4, -0.2) is 17.5 Å². The third kappa shape index (κ3) is 3.22. The fourth-order valence-electron chi connectivity index (χ4n) is 1.61. The largest absolute Gasteiger partial charge is 0.476 e. The molecule has 3 N–H and O–H groups in total. The molecule has 19 heavy (non-hydrogen) atoms. The molecule has 0 aliphatic rings. The molecule has 0 aliphatic carbocycles. The van der Waals surface area contributed by atoms with Gasteiger partial charge in [0.25, 0.3) is 5.91 Å². The molecule has 98 valence electrons. The number of rotatable bonds is 4. The van der Waals surface area contributed by atoms with Crippen LogP contribution in [0.1, 0.15) is 17.3 Å². The molecule has 0 fully saturated rings. The minimum absolute atomic E-state index is 0.249. The van der Waals surface area contributed by atoms with Crippen molar-refractivity contribution in [2.75, 3.05) is 17.7 Å². The zero-order chi connectivity index (χ0) is 13.7. The number of amides is 1. The Kier molecular flexibility index (Phi) is 3.97. The quantitative estimate of drug-likeness (QED) is 0.824. The van der Waals surface area contributed by atoms with Gasteiger partial charge in [0, 0.05) is 17.4 Å². The molecule has 1 aromatic heterocycles. The number of carbonyl (C=O) groups is 1. The number of benzene rings is 1. The predicted octanol–water partition coefficient (Wildman–Crippen LogP) is 2.31. The van der Waals surface area contributed by atoms with Gasteiger partial charge in [-0.1, -0.05) is 6.07 Å². The number of nitrogens with zero attached hydrogens (tertiary/aromatic N) is 1. The lowest BCUT2D eigenvalue weighted by Crippen LogP contribution is -2.13. The van der Waals surface area contributed by atoms with Crippen LogP contribution in [-0.2, 0) is 0 Å². The Morgan fingerprint density at radius 3 is 2.95 bits per heavy atom. The molecule has 0 saturated carbocycles. The molecule has 1 heterocycles. The molecule has 1 aromatic carbocycles. The van der Waals surface area contributed by atoms with Crippen molar-refractivity contribution in [3.05, 3.63) is 48.2 Å². The van der Waals surface area contributed by atoms with Crippen molar-refractivity contribution < 1.29 is 9.53 Å². The Balaban J connectivity index is 2.19. The van der Waals surface area contributed by atoms with Crippen LogP contribution in [0.25, 0.3) is 0 Å². The van der Waals surface area contributed by atoms with Crippen molar-refractivity contribution in [3.63, 3.8) is 0 Å². The summed E-state index contributed by atoms with van der Waals surface area (Å²) in [6, 6.07) is 10.2. The second-order valence-electron chi connectivity index (χ2n) is 3.87. The first kappa shape index (κ1) is 12.9. The fraction of sp³-hybridized carbons (Fsp3) is 0.143. The Hall–Kier alpha value is -2.56. The van der Waals surface area contributed by atoms with Crippen molar-refractivity contribution in [3.8, 4) is 5.88 Å². The average molecular weight is 257 g/mol. The minimum atomic E-state index is -0.249. The third-order valence-corrected chi connectivity index (χ3v) is 2.45. The number of nitrogens with two attached hydrogens (primary N) is 1. The fourth-order valence-corrected chi connectivity index (χ4v) is 1.61. The van der Waals surface area contributed by atoms with E-state index >= 15 is 0 Å². The summed E-state index contributed by atoms with van der Waals surface area (Å²) >= 11 is 0. The van der Waals surface area contributed by atoms with Crippen molar-refractivity contribution in [1.82, 2.24) is 4.98 Å². The summed E-state index contributed by atoms with van der Waals surface area (Å²) in [6.07, 6.45) is 1.61. The summed E-state index contributed by atoms with van der Waals surface area (Å²) in [4.78, 5) is 16.1. The maximum atomic E-state index is 12.1. The molecule has 0 atom stereocenters. The predicted molar refractivity (Wildman–Crippen MR) is 74.2 cm³/mol. The maximum absolute atomic E-state index is 12.1. The number of ether oxygens (including phenoxy) is 1. The lowest BCUT2D eigenvalue weighted by molar-refractivity contribution is 0.102. The van der Waals surface area contributed by atoms with Crippen LogP contribution < -0.4 is 15.8 Å². The smallest absolute Gasteiger partial charge is 0.255 e. The van der Waals surface area contributed by atoms with Crippen LogP contribution in [0.4, 0.5) is 11.4 Å². The second kappa shape index (κ2) is 5.86. The lowest BCUT2D eigenvalue weighted by atomic mass is 10.2. The van der Waals surface area contributed by atoms with Gasteiger partial charge < -0.3 is 15.8 Å². The van der Waals surface area contributed by atoms with Gasteiger partial charge in [0.1, 0.15) is 5.69 Å². The second-order valence-corrected chi connectivity index (χ2v) is 3.87. The van der Waals surface area contributed by atoms with Crippen molar-refractivity contribution >= 4 is 17.3 Å². The van der Waals surface area contributed by atoms with E-state index < -0.39 is 0 Å². The zero-order valence-electron chi connectivity index (χ0n) is 10.6. The molecule has 1 amide bonds. The monoisotopic (exact) mass is 257 g/mol. The number of hydrogen-bond acceptors (Lipinski definition) is 4. The summed E-state index contributed by atoms with van der Waals surface area (Å²) in [6.45, 7) is 2.34. The van der Waals surface area contributed by atoms with E-state index in [0.29, 0.717) is 29.4 Å². The Labute approximate surface area is 111 Å². The highest BCUT2D eigenvalue weighted by atomic mass is 16.5. The molecule has 0 spiro atoms.